The molecule has 4 rings (SSSR count). The molecule has 158 valence electrons. The summed E-state index contributed by atoms with van der Waals surface area (Å²) in [5.74, 6) is 0.716. The summed E-state index contributed by atoms with van der Waals surface area (Å²) in [4.78, 5) is 2.38. The maximum Gasteiger partial charge on any atom is 0.246 e. The Kier molecular flexibility index (Phi) is 4.79. The van der Waals surface area contributed by atoms with Gasteiger partial charge in [0.2, 0.25) is 10.0 Å². The van der Waals surface area contributed by atoms with Gasteiger partial charge in [0.05, 0.1) is 12.8 Å². The summed E-state index contributed by atoms with van der Waals surface area (Å²) in [6, 6.07) is 6.98. The van der Waals surface area contributed by atoms with Gasteiger partial charge in [-0.05, 0) is 56.1 Å². The normalized spacial score (nSPS) is 26.3. The number of aromatic nitrogens is 2. The van der Waals surface area contributed by atoms with Crippen LogP contribution in [0.15, 0.2) is 41.6 Å². The van der Waals surface area contributed by atoms with Gasteiger partial charge in [0.25, 0.3) is 0 Å². The molecule has 0 unspecified atom stereocenters. The van der Waals surface area contributed by atoms with Crippen LogP contribution in [0, 0.1) is 16.7 Å². The Morgan fingerprint density at radius 2 is 2.07 bits per heavy atom. The van der Waals surface area contributed by atoms with Gasteiger partial charge in [0.1, 0.15) is 10.6 Å². The molecule has 0 amide bonds. The van der Waals surface area contributed by atoms with Crippen LogP contribution < -0.4 is 4.74 Å². The van der Waals surface area contributed by atoms with Crippen LogP contribution in [-0.4, -0.2) is 68.2 Å². The zero-order valence-corrected chi connectivity index (χ0v) is 18.6. The Hall–Kier alpha value is -1.90. The summed E-state index contributed by atoms with van der Waals surface area (Å²) < 4.78 is 36.1. The SMILES string of the molecule is COc1ccc(-n2cccn2)cc1S(=O)(=O)N1C[C@@H]2C(C)(C)C[C@]2(CN(C)C)C1. The molecule has 1 aromatic heterocycles. The number of benzene rings is 1. The van der Waals surface area contributed by atoms with Gasteiger partial charge in [-0.15, -0.1) is 0 Å². The van der Waals surface area contributed by atoms with Crippen LogP contribution in [0.5, 0.6) is 5.75 Å². The standard InChI is InChI=1S/C21H30N4O3S/c1-20(2)13-21(14-23(3)4)15-24(12-19(20)21)29(26,27)18-11-16(7-8-17(18)28-5)25-10-6-9-22-25/h6-11,19H,12-15H2,1-5H3/t19-,21+/m1/s1. The highest BCUT2D eigenvalue weighted by atomic mass is 32.2. The predicted molar refractivity (Wildman–Crippen MR) is 112 cm³/mol. The highest BCUT2D eigenvalue weighted by Crippen LogP contribution is 2.63. The minimum atomic E-state index is -3.70. The van der Waals surface area contributed by atoms with Gasteiger partial charge in [-0.2, -0.15) is 9.40 Å². The molecular weight excluding hydrogens is 388 g/mol. The van der Waals surface area contributed by atoms with E-state index in [2.05, 4.69) is 37.9 Å². The van der Waals surface area contributed by atoms with E-state index in [-0.39, 0.29) is 15.7 Å². The molecule has 0 spiro atoms. The van der Waals surface area contributed by atoms with E-state index < -0.39 is 10.0 Å². The number of hydrogen-bond donors (Lipinski definition) is 0. The van der Waals surface area contributed by atoms with E-state index in [4.69, 9.17) is 4.74 Å². The van der Waals surface area contributed by atoms with Gasteiger partial charge >= 0.3 is 0 Å². The number of ether oxygens (including phenoxy) is 1. The van der Waals surface area contributed by atoms with Crippen LogP contribution in [0.3, 0.4) is 0 Å². The van der Waals surface area contributed by atoms with Gasteiger partial charge in [0, 0.05) is 37.4 Å². The summed E-state index contributed by atoms with van der Waals surface area (Å²) in [5, 5.41) is 4.22. The quantitative estimate of drug-likeness (QED) is 0.721. The second kappa shape index (κ2) is 6.82. The molecular formula is C21H30N4O3S. The van der Waals surface area contributed by atoms with Crippen LogP contribution in [-0.2, 0) is 10.0 Å². The Morgan fingerprint density at radius 1 is 1.31 bits per heavy atom. The molecule has 1 aromatic carbocycles. The first-order valence-corrected chi connectivity index (χ1v) is 11.4. The minimum Gasteiger partial charge on any atom is -0.495 e. The largest absolute Gasteiger partial charge is 0.495 e. The molecule has 2 aromatic rings. The summed E-state index contributed by atoms with van der Waals surface area (Å²) >= 11 is 0. The molecule has 2 atom stereocenters. The molecule has 1 saturated heterocycles. The van der Waals surface area contributed by atoms with Gasteiger partial charge < -0.3 is 9.64 Å². The van der Waals surface area contributed by atoms with Crippen molar-refractivity contribution in [2.24, 2.45) is 16.7 Å². The number of rotatable bonds is 6. The molecule has 2 heterocycles. The molecule has 7 nitrogen and oxygen atoms in total. The number of hydrogen-bond acceptors (Lipinski definition) is 5. The van der Waals surface area contributed by atoms with Crippen LogP contribution in [0.2, 0.25) is 0 Å². The second-order valence-electron chi connectivity index (χ2n) is 9.40. The average molecular weight is 419 g/mol. The van der Waals surface area contributed by atoms with E-state index >= 15 is 0 Å². The summed E-state index contributed by atoms with van der Waals surface area (Å²) in [5.41, 5.74) is 0.869. The number of fused-ring (bicyclic) bond motifs is 1. The van der Waals surface area contributed by atoms with E-state index in [0.29, 0.717) is 30.4 Å². The topological polar surface area (TPSA) is 67.7 Å². The minimum absolute atomic E-state index is 0.0207. The molecule has 29 heavy (non-hydrogen) atoms. The Balaban J connectivity index is 1.71. The number of nitrogens with zero attached hydrogens (tertiary/aromatic N) is 4. The third-order valence-electron chi connectivity index (χ3n) is 6.53. The molecule has 8 heteroatoms. The Morgan fingerprint density at radius 3 is 2.66 bits per heavy atom. The Labute approximate surface area is 173 Å². The first-order chi connectivity index (χ1) is 13.6. The van der Waals surface area contributed by atoms with Crippen molar-refractivity contribution >= 4 is 10.0 Å². The van der Waals surface area contributed by atoms with Crippen molar-refractivity contribution in [3.05, 3.63) is 36.7 Å². The van der Waals surface area contributed by atoms with Gasteiger partial charge in [-0.1, -0.05) is 13.8 Å². The molecule has 2 fully saturated rings. The van der Waals surface area contributed by atoms with Gasteiger partial charge in [0.15, 0.2) is 0 Å². The third kappa shape index (κ3) is 3.27. The summed E-state index contributed by atoms with van der Waals surface area (Å²) in [6.45, 7) is 6.51. The van der Waals surface area contributed by atoms with Crippen molar-refractivity contribution in [1.29, 1.82) is 0 Å². The monoisotopic (exact) mass is 418 g/mol. The van der Waals surface area contributed by atoms with E-state index in [1.807, 2.05) is 12.1 Å². The smallest absolute Gasteiger partial charge is 0.246 e. The van der Waals surface area contributed by atoms with Crippen molar-refractivity contribution in [2.45, 2.75) is 25.2 Å². The van der Waals surface area contributed by atoms with Crippen LogP contribution in [0.25, 0.3) is 5.69 Å². The lowest BCUT2D eigenvalue weighted by atomic mass is 9.48. The van der Waals surface area contributed by atoms with Gasteiger partial charge in [-0.3, -0.25) is 0 Å². The first-order valence-electron chi connectivity index (χ1n) is 9.92. The van der Waals surface area contributed by atoms with Crippen molar-refractivity contribution in [3.8, 4) is 11.4 Å². The maximum absolute atomic E-state index is 13.7. The van der Waals surface area contributed by atoms with E-state index in [1.165, 1.54) is 7.11 Å². The number of sulfonamides is 1. The van der Waals surface area contributed by atoms with Crippen LogP contribution >= 0.6 is 0 Å². The molecule has 1 aliphatic carbocycles. The molecule has 0 radical (unpaired) electrons. The van der Waals surface area contributed by atoms with Gasteiger partial charge in [-0.25, -0.2) is 13.1 Å². The first kappa shape index (κ1) is 20.4. The highest BCUT2D eigenvalue weighted by Gasteiger charge is 2.64. The van der Waals surface area contributed by atoms with E-state index in [9.17, 15) is 8.42 Å². The molecule has 1 saturated carbocycles. The molecule has 0 N–H and O–H groups in total. The lowest BCUT2D eigenvalue weighted by molar-refractivity contribution is -0.0789. The predicted octanol–water partition coefficient (Wildman–Crippen LogP) is 2.48. The van der Waals surface area contributed by atoms with Crippen molar-refractivity contribution < 1.29 is 13.2 Å². The lowest BCUT2D eigenvalue weighted by Crippen LogP contribution is -2.57. The molecule has 0 bridgehead atoms. The summed E-state index contributed by atoms with van der Waals surface area (Å²) in [7, 11) is 1.93. The fraction of sp³-hybridized carbons (Fsp3) is 0.571. The lowest BCUT2D eigenvalue weighted by Gasteiger charge is -2.57. The number of methoxy groups -OCH3 is 1. The fourth-order valence-electron chi connectivity index (χ4n) is 5.68. The zero-order valence-electron chi connectivity index (χ0n) is 17.8. The average Bonchev–Trinajstić information content (AvgIpc) is 3.27. The van der Waals surface area contributed by atoms with E-state index in [1.54, 1.807) is 33.5 Å². The molecule has 1 aliphatic heterocycles. The van der Waals surface area contributed by atoms with Crippen molar-refractivity contribution in [2.75, 3.05) is 40.8 Å². The Bertz CT molecular complexity index is 997. The zero-order chi connectivity index (χ0) is 21.0. The molecule has 2 aliphatic rings. The van der Waals surface area contributed by atoms with Crippen molar-refractivity contribution in [3.63, 3.8) is 0 Å². The van der Waals surface area contributed by atoms with Crippen molar-refractivity contribution in [1.82, 2.24) is 19.0 Å². The van der Waals surface area contributed by atoms with Crippen LogP contribution in [0.4, 0.5) is 0 Å². The fourth-order valence-corrected chi connectivity index (χ4v) is 7.40. The highest BCUT2D eigenvalue weighted by molar-refractivity contribution is 7.89. The van der Waals surface area contributed by atoms with E-state index in [0.717, 1.165) is 13.0 Å². The summed E-state index contributed by atoms with van der Waals surface area (Å²) in [6.07, 6.45) is 4.51. The van der Waals surface area contributed by atoms with Crippen LogP contribution in [0.1, 0.15) is 20.3 Å². The maximum atomic E-state index is 13.7. The second-order valence-corrected chi connectivity index (χ2v) is 11.3. The third-order valence-corrected chi connectivity index (χ3v) is 8.37.